The first kappa shape index (κ1) is 20.9. The number of amides is 2. The largest absolute Gasteiger partial charge is 0.322 e. The van der Waals surface area contributed by atoms with Crippen molar-refractivity contribution < 1.29 is 13.6 Å². The number of alkyl halides is 2. The molecule has 3 rings (SSSR count). The van der Waals surface area contributed by atoms with Crippen LogP contribution in [0.5, 0.6) is 0 Å². The van der Waals surface area contributed by atoms with Crippen molar-refractivity contribution in [3.8, 4) is 6.07 Å². The maximum Gasteiger partial charge on any atom is 0.322 e. The molecule has 1 unspecified atom stereocenters. The minimum Gasteiger partial charge on any atom is -0.309 e. The number of benzene rings is 1. The minimum absolute atomic E-state index is 0.0407. The molecule has 1 aromatic rings. The van der Waals surface area contributed by atoms with E-state index >= 15 is 0 Å². The molecule has 1 N–H and O–H groups in total. The molecule has 1 saturated carbocycles. The average molecular weight is 410 g/mol. The third kappa shape index (κ3) is 4.10. The van der Waals surface area contributed by atoms with E-state index < -0.39 is 24.5 Å². The summed E-state index contributed by atoms with van der Waals surface area (Å²) in [5.41, 5.74) is 0.689. The molecule has 0 bridgehead atoms. The van der Waals surface area contributed by atoms with E-state index in [-0.39, 0.29) is 11.8 Å². The first-order valence-electron chi connectivity index (χ1n) is 9.98. The highest BCUT2D eigenvalue weighted by Crippen LogP contribution is 2.56. The highest BCUT2D eigenvalue weighted by Gasteiger charge is 2.55. The van der Waals surface area contributed by atoms with E-state index in [0.29, 0.717) is 30.0 Å². The van der Waals surface area contributed by atoms with Crippen LogP contribution in [0.15, 0.2) is 18.2 Å². The first-order valence-corrected chi connectivity index (χ1v) is 10.4. The van der Waals surface area contributed by atoms with Gasteiger partial charge in [-0.25, -0.2) is 13.6 Å². The van der Waals surface area contributed by atoms with Crippen molar-refractivity contribution in [3.63, 3.8) is 0 Å². The monoisotopic (exact) mass is 409 g/mol. The number of carbonyl (C=O) groups excluding carboxylic acids is 1. The van der Waals surface area contributed by atoms with Gasteiger partial charge < -0.3 is 10.2 Å². The summed E-state index contributed by atoms with van der Waals surface area (Å²) < 4.78 is 26.8. The summed E-state index contributed by atoms with van der Waals surface area (Å²) in [5, 5.41) is 12.6. The predicted molar refractivity (Wildman–Crippen MR) is 105 cm³/mol. The lowest BCUT2D eigenvalue weighted by molar-refractivity contribution is 0.0257. The van der Waals surface area contributed by atoms with Gasteiger partial charge in [-0.1, -0.05) is 24.9 Å². The van der Waals surface area contributed by atoms with Crippen LogP contribution in [-0.2, 0) is 5.54 Å². The number of fused-ring (bicyclic) bond motifs is 1. The number of hydrogen-bond donors (Lipinski definition) is 1. The molecule has 0 aromatic heterocycles. The molecule has 1 aliphatic carbocycles. The lowest BCUT2D eigenvalue weighted by Crippen LogP contribution is -2.57. The summed E-state index contributed by atoms with van der Waals surface area (Å²) in [6.45, 7) is 1.44. The molecule has 0 radical (unpaired) electrons. The highest BCUT2D eigenvalue weighted by atomic mass is 35.5. The number of anilines is 1. The average Bonchev–Trinajstić information content (AvgIpc) is 3.49. The van der Waals surface area contributed by atoms with E-state index in [1.165, 1.54) is 4.90 Å². The molecule has 2 atom stereocenters. The fourth-order valence-electron chi connectivity index (χ4n) is 4.59. The molecule has 0 saturated heterocycles. The highest BCUT2D eigenvalue weighted by molar-refractivity contribution is 6.30. The van der Waals surface area contributed by atoms with Gasteiger partial charge in [-0.05, 0) is 62.6 Å². The van der Waals surface area contributed by atoms with E-state index in [2.05, 4.69) is 11.4 Å². The van der Waals surface area contributed by atoms with E-state index in [9.17, 15) is 18.8 Å². The molecule has 152 valence electrons. The molecule has 1 heterocycles. The second-order valence-corrected chi connectivity index (χ2v) is 8.26. The van der Waals surface area contributed by atoms with E-state index in [1.54, 1.807) is 18.2 Å². The minimum atomic E-state index is -2.61. The number of nitriles is 1. The van der Waals surface area contributed by atoms with Gasteiger partial charge in [0.2, 0.25) is 0 Å². The topological polar surface area (TPSA) is 56.1 Å². The molecule has 1 aliphatic heterocycles. The smallest absolute Gasteiger partial charge is 0.309 e. The summed E-state index contributed by atoms with van der Waals surface area (Å²) in [7, 11) is 0. The number of urea groups is 1. The van der Waals surface area contributed by atoms with Crippen LogP contribution in [0.2, 0.25) is 5.02 Å². The normalized spacial score (nSPS) is 22.6. The van der Waals surface area contributed by atoms with Crippen molar-refractivity contribution in [1.82, 2.24) is 4.90 Å². The molecule has 28 heavy (non-hydrogen) atoms. The Labute approximate surface area is 169 Å². The Morgan fingerprint density at radius 2 is 2.14 bits per heavy atom. The Kier molecular flexibility index (Phi) is 6.44. The second-order valence-electron chi connectivity index (χ2n) is 7.83. The predicted octanol–water partition coefficient (Wildman–Crippen LogP) is 6.17. The van der Waals surface area contributed by atoms with Crippen LogP contribution >= 0.6 is 11.6 Å². The van der Waals surface area contributed by atoms with Crippen LogP contribution in [0.25, 0.3) is 0 Å². The quantitative estimate of drug-likeness (QED) is 0.530. The number of hydrogen-bond acceptors (Lipinski definition) is 2. The van der Waals surface area contributed by atoms with E-state index in [0.717, 1.165) is 31.2 Å². The molecule has 4 nitrogen and oxygen atoms in total. The van der Waals surface area contributed by atoms with Gasteiger partial charge in [0.1, 0.15) is 0 Å². The molecule has 0 spiro atoms. The third-order valence-corrected chi connectivity index (χ3v) is 6.16. The number of nitrogens with zero attached hydrogens (tertiary/aromatic N) is 2. The lowest BCUT2D eigenvalue weighted by atomic mass is 9.76. The maximum atomic E-state index is 13.4. The van der Waals surface area contributed by atoms with Crippen LogP contribution in [0.3, 0.4) is 0 Å². The Balaban J connectivity index is 1.97. The lowest BCUT2D eigenvalue weighted by Gasteiger charge is -2.49. The standard InChI is InChI=1S/C21H26ClF2N3O/c1-2-4-14(12-25)5-3-10-21(15-6-7-15)17-11-16(22)8-9-18(17)26-20(28)27(21)13-19(23)24/h8-9,11,14-15,19H,2-7,10,13H2,1H3,(H,26,28)/t14?,21-/m1/s1. The molecule has 1 aromatic carbocycles. The molecular weight excluding hydrogens is 384 g/mol. The summed E-state index contributed by atoms with van der Waals surface area (Å²) in [5.74, 6) is 0.0993. The second kappa shape index (κ2) is 8.65. The summed E-state index contributed by atoms with van der Waals surface area (Å²) >= 11 is 6.24. The molecule has 2 aliphatic rings. The fraction of sp³-hybridized carbons (Fsp3) is 0.619. The third-order valence-electron chi connectivity index (χ3n) is 5.92. The zero-order valence-electron chi connectivity index (χ0n) is 16.1. The maximum absolute atomic E-state index is 13.4. The van der Waals surface area contributed by atoms with Gasteiger partial charge in [-0.15, -0.1) is 0 Å². The number of rotatable bonds is 9. The van der Waals surface area contributed by atoms with Crippen molar-refractivity contribution >= 4 is 23.3 Å². The molecular formula is C21H26ClF2N3O. The van der Waals surface area contributed by atoms with Crippen LogP contribution in [0.4, 0.5) is 19.3 Å². The number of halogens is 3. The zero-order chi connectivity index (χ0) is 20.3. The fourth-order valence-corrected chi connectivity index (χ4v) is 4.76. The van der Waals surface area contributed by atoms with Gasteiger partial charge in [0.05, 0.1) is 18.2 Å². The van der Waals surface area contributed by atoms with Gasteiger partial charge in [0, 0.05) is 22.2 Å². The zero-order valence-corrected chi connectivity index (χ0v) is 16.8. The van der Waals surface area contributed by atoms with Crippen LogP contribution < -0.4 is 5.32 Å². The van der Waals surface area contributed by atoms with Crippen molar-refractivity contribution in [2.24, 2.45) is 11.8 Å². The van der Waals surface area contributed by atoms with E-state index in [4.69, 9.17) is 11.6 Å². The number of nitrogens with one attached hydrogen (secondary N) is 1. The van der Waals surface area contributed by atoms with Crippen molar-refractivity contribution in [3.05, 3.63) is 28.8 Å². The summed E-state index contributed by atoms with van der Waals surface area (Å²) in [6.07, 6.45) is 2.92. The van der Waals surface area contributed by atoms with Gasteiger partial charge in [-0.2, -0.15) is 5.26 Å². The van der Waals surface area contributed by atoms with Crippen molar-refractivity contribution in [2.45, 2.75) is 63.8 Å². The van der Waals surface area contributed by atoms with Crippen LogP contribution in [0, 0.1) is 23.2 Å². The van der Waals surface area contributed by atoms with Crippen LogP contribution in [0.1, 0.15) is 57.4 Å². The van der Waals surface area contributed by atoms with Gasteiger partial charge in [-0.3, -0.25) is 0 Å². The summed E-state index contributed by atoms with van der Waals surface area (Å²) in [4.78, 5) is 14.1. The Morgan fingerprint density at radius 3 is 2.75 bits per heavy atom. The van der Waals surface area contributed by atoms with Gasteiger partial charge in [0.25, 0.3) is 6.43 Å². The Hall–Kier alpha value is -1.87. The van der Waals surface area contributed by atoms with Crippen molar-refractivity contribution in [2.75, 3.05) is 11.9 Å². The molecule has 7 heteroatoms. The Morgan fingerprint density at radius 1 is 1.39 bits per heavy atom. The molecule has 1 fully saturated rings. The Bertz CT molecular complexity index is 763. The van der Waals surface area contributed by atoms with Crippen LogP contribution in [-0.4, -0.2) is 23.9 Å². The number of carbonyl (C=O) groups is 1. The van der Waals surface area contributed by atoms with E-state index in [1.807, 2.05) is 6.92 Å². The SMILES string of the molecule is CCCC(C#N)CCC[C@@]1(C2CC2)c2cc(Cl)ccc2NC(=O)N1CC(F)F. The summed E-state index contributed by atoms with van der Waals surface area (Å²) in [6, 6.07) is 7.13. The van der Waals surface area contributed by atoms with Gasteiger partial charge >= 0.3 is 6.03 Å². The molecule has 2 amide bonds. The van der Waals surface area contributed by atoms with Gasteiger partial charge in [0.15, 0.2) is 0 Å². The van der Waals surface area contributed by atoms with Crippen molar-refractivity contribution in [1.29, 1.82) is 5.26 Å². The first-order chi connectivity index (χ1) is 13.4.